The zero-order chi connectivity index (χ0) is 15.2. The van der Waals surface area contributed by atoms with Crippen LogP contribution in [0.4, 0.5) is 0 Å². The van der Waals surface area contributed by atoms with Crippen LogP contribution in [0.1, 0.15) is 23.1 Å². The fourth-order valence-corrected chi connectivity index (χ4v) is 2.24. The molecule has 0 heterocycles. The Kier molecular flexibility index (Phi) is 4.99. The van der Waals surface area contributed by atoms with E-state index in [1.807, 2.05) is 12.1 Å². The quantitative estimate of drug-likeness (QED) is 0.618. The minimum absolute atomic E-state index is 0.250. The summed E-state index contributed by atoms with van der Waals surface area (Å²) in [6.07, 6.45) is 1.03. The van der Waals surface area contributed by atoms with Crippen molar-refractivity contribution in [1.82, 2.24) is 0 Å². The van der Waals surface area contributed by atoms with E-state index in [1.165, 1.54) is 16.7 Å². The van der Waals surface area contributed by atoms with Crippen LogP contribution >= 0.6 is 0 Å². The Morgan fingerprint density at radius 1 is 1.05 bits per heavy atom. The van der Waals surface area contributed by atoms with Gasteiger partial charge in [0, 0.05) is 6.42 Å². The molecule has 0 aromatic heterocycles. The number of rotatable bonds is 5. The van der Waals surface area contributed by atoms with Gasteiger partial charge < -0.3 is 9.47 Å². The van der Waals surface area contributed by atoms with Crippen LogP contribution < -0.4 is 9.47 Å². The fourth-order valence-electron chi connectivity index (χ4n) is 2.24. The van der Waals surface area contributed by atoms with Crippen LogP contribution in [0.2, 0.25) is 0 Å². The Labute approximate surface area is 125 Å². The molecule has 0 saturated carbocycles. The molecular weight excluding hydrogens is 264 g/mol. The van der Waals surface area contributed by atoms with Crippen LogP contribution in [0, 0.1) is 13.8 Å². The fraction of sp³-hybridized carbons (Fsp3) is 0.278. The molecule has 0 saturated heterocycles. The first-order valence-electron chi connectivity index (χ1n) is 7.00. The number of aryl methyl sites for hydroxylation is 3. The van der Waals surface area contributed by atoms with E-state index in [2.05, 4.69) is 32.0 Å². The number of para-hydroxylation sites is 2. The van der Waals surface area contributed by atoms with E-state index in [-0.39, 0.29) is 5.97 Å². The van der Waals surface area contributed by atoms with E-state index in [1.54, 1.807) is 19.2 Å². The number of benzene rings is 2. The molecule has 0 amide bonds. The third-order valence-corrected chi connectivity index (χ3v) is 3.39. The van der Waals surface area contributed by atoms with E-state index >= 15 is 0 Å². The molecular formula is C18H20O3. The Morgan fingerprint density at radius 3 is 2.43 bits per heavy atom. The second-order valence-electron chi connectivity index (χ2n) is 5.05. The van der Waals surface area contributed by atoms with Crippen LogP contribution in [-0.4, -0.2) is 13.1 Å². The number of ether oxygens (including phenoxy) is 2. The molecule has 0 N–H and O–H groups in total. The average Bonchev–Trinajstić information content (AvgIpc) is 2.47. The smallest absolute Gasteiger partial charge is 0.311 e. The standard InChI is InChI=1S/C18H20O3/c1-13-8-9-15(14(2)12-13)10-11-18(19)21-17-7-5-4-6-16(17)20-3/h4-9,12H,10-11H2,1-3H3. The molecule has 0 aliphatic rings. The lowest BCUT2D eigenvalue weighted by Crippen LogP contribution is -2.10. The van der Waals surface area contributed by atoms with Crippen LogP contribution in [0.25, 0.3) is 0 Å². The minimum atomic E-state index is -0.250. The van der Waals surface area contributed by atoms with Crippen LogP contribution in [0.5, 0.6) is 11.5 Å². The molecule has 110 valence electrons. The van der Waals surface area contributed by atoms with Gasteiger partial charge in [-0.3, -0.25) is 4.79 Å². The second kappa shape index (κ2) is 6.93. The summed E-state index contributed by atoms with van der Waals surface area (Å²) < 4.78 is 10.5. The van der Waals surface area contributed by atoms with Crippen molar-refractivity contribution in [3.63, 3.8) is 0 Å². The highest BCUT2D eigenvalue weighted by Gasteiger charge is 2.10. The van der Waals surface area contributed by atoms with E-state index in [0.717, 1.165) is 0 Å². The lowest BCUT2D eigenvalue weighted by atomic mass is 10.0. The summed E-state index contributed by atoms with van der Waals surface area (Å²) in [5.74, 6) is 0.780. The number of carbonyl (C=O) groups is 1. The summed E-state index contributed by atoms with van der Waals surface area (Å²) in [6, 6.07) is 13.4. The maximum absolute atomic E-state index is 12.0. The summed E-state index contributed by atoms with van der Waals surface area (Å²) in [5.41, 5.74) is 3.62. The normalized spacial score (nSPS) is 10.2. The van der Waals surface area contributed by atoms with Gasteiger partial charge >= 0.3 is 5.97 Å². The molecule has 21 heavy (non-hydrogen) atoms. The van der Waals surface area contributed by atoms with Crippen molar-refractivity contribution in [3.8, 4) is 11.5 Å². The minimum Gasteiger partial charge on any atom is -0.493 e. The molecule has 0 aliphatic carbocycles. The number of methoxy groups -OCH3 is 1. The molecule has 0 aliphatic heterocycles. The number of hydrogen-bond donors (Lipinski definition) is 0. The maximum Gasteiger partial charge on any atom is 0.311 e. The van der Waals surface area contributed by atoms with E-state index in [9.17, 15) is 4.79 Å². The van der Waals surface area contributed by atoms with Crippen LogP contribution in [0.15, 0.2) is 42.5 Å². The maximum atomic E-state index is 12.0. The number of esters is 1. The molecule has 2 aromatic carbocycles. The van der Waals surface area contributed by atoms with Gasteiger partial charge in [0.25, 0.3) is 0 Å². The highest BCUT2D eigenvalue weighted by molar-refractivity contribution is 5.73. The molecule has 0 fully saturated rings. The van der Waals surface area contributed by atoms with Gasteiger partial charge in [-0.15, -0.1) is 0 Å². The van der Waals surface area contributed by atoms with Crippen molar-refractivity contribution < 1.29 is 14.3 Å². The SMILES string of the molecule is COc1ccccc1OC(=O)CCc1ccc(C)cc1C. The highest BCUT2D eigenvalue weighted by Crippen LogP contribution is 2.26. The topological polar surface area (TPSA) is 35.5 Å². The van der Waals surface area contributed by atoms with Gasteiger partial charge in [-0.05, 0) is 43.5 Å². The lowest BCUT2D eigenvalue weighted by molar-refractivity contribution is -0.134. The zero-order valence-electron chi connectivity index (χ0n) is 12.7. The third kappa shape index (κ3) is 4.09. The molecule has 2 aromatic rings. The zero-order valence-corrected chi connectivity index (χ0v) is 12.7. The Bertz CT molecular complexity index is 632. The number of hydrogen-bond acceptors (Lipinski definition) is 3. The Morgan fingerprint density at radius 2 is 1.76 bits per heavy atom. The van der Waals surface area contributed by atoms with Crippen LogP contribution in [0.3, 0.4) is 0 Å². The van der Waals surface area contributed by atoms with Crippen molar-refractivity contribution in [2.75, 3.05) is 7.11 Å². The van der Waals surface area contributed by atoms with Crippen molar-refractivity contribution in [2.24, 2.45) is 0 Å². The van der Waals surface area contributed by atoms with Crippen molar-refractivity contribution in [1.29, 1.82) is 0 Å². The van der Waals surface area contributed by atoms with Gasteiger partial charge in [0.1, 0.15) is 0 Å². The second-order valence-corrected chi connectivity index (χ2v) is 5.05. The van der Waals surface area contributed by atoms with E-state index in [0.29, 0.717) is 24.3 Å². The molecule has 0 radical (unpaired) electrons. The van der Waals surface area contributed by atoms with Crippen molar-refractivity contribution in [3.05, 3.63) is 59.2 Å². The first-order chi connectivity index (χ1) is 10.1. The summed E-state index contributed by atoms with van der Waals surface area (Å²) in [5, 5.41) is 0. The van der Waals surface area contributed by atoms with Gasteiger partial charge in [0.05, 0.1) is 7.11 Å². The largest absolute Gasteiger partial charge is 0.493 e. The first kappa shape index (κ1) is 15.1. The highest BCUT2D eigenvalue weighted by atomic mass is 16.6. The van der Waals surface area contributed by atoms with Gasteiger partial charge in [-0.25, -0.2) is 0 Å². The summed E-state index contributed by atoms with van der Waals surface area (Å²) in [4.78, 5) is 12.0. The average molecular weight is 284 g/mol. The van der Waals surface area contributed by atoms with Crippen LogP contribution in [-0.2, 0) is 11.2 Å². The predicted molar refractivity (Wildman–Crippen MR) is 82.9 cm³/mol. The van der Waals surface area contributed by atoms with E-state index < -0.39 is 0 Å². The van der Waals surface area contributed by atoms with E-state index in [4.69, 9.17) is 9.47 Å². The summed E-state index contributed by atoms with van der Waals surface area (Å²) in [7, 11) is 1.56. The summed E-state index contributed by atoms with van der Waals surface area (Å²) >= 11 is 0. The van der Waals surface area contributed by atoms with Gasteiger partial charge in [-0.1, -0.05) is 35.9 Å². The molecule has 3 heteroatoms. The first-order valence-corrected chi connectivity index (χ1v) is 7.00. The molecule has 2 rings (SSSR count). The number of carbonyl (C=O) groups excluding carboxylic acids is 1. The molecule has 0 spiro atoms. The molecule has 0 atom stereocenters. The molecule has 3 nitrogen and oxygen atoms in total. The van der Waals surface area contributed by atoms with Crippen molar-refractivity contribution in [2.45, 2.75) is 26.7 Å². The third-order valence-electron chi connectivity index (χ3n) is 3.39. The lowest BCUT2D eigenvalue weighted by Gasteiger charge is -2.09. The molecule has 0 bridgehead atoms. The predicted octanol–water partition coefficient (Wildman–Crippen LogP) is 3.85. The summed E-state index contributed by atoms with van der Waals surface area (Å²) in [6.45, 7) is 4.13. The Balaban J connectivity index is 1.96. The van der Waals surface area contributed by atoms with Gasteiger partial charge in [0.15, 0.2) is 11.5 Å². The monoisotopic (exact) mass is 284 g/mol. The van der Waals surface area contributed by atoms with Crippen molar-refractivity contribution >= 4 is 5.97 Å². The van der Waals surface area contributed by atoms with Gasteiger partial charge in [-0.2, -0.15) is 0 Å². The Hall–Kier alpha value is -2.29. The molecule has 0 unspecified atom stereocenters. The van der Waals surface area contributed by atoms with Gasteiger partial charge in [0.2, 0.25) is 0 Å².